The van der Waals surface area contributed by atoms with Gasteiger partial charge in [-0.3, -0.25) is 0 Å². The van der Waals surface area contributed by atoms with Gasteiger partial charge in [0, 0.05) is 10.0 Å². The van der Waals surface area contributed by atoms with Gasteiger partial charge in [0.15, 0.2) is 0 Å². The monoisotopic (exact) mass is 310 g/mol. The number of hydrogen-bond acceptors (Lipinski definition) is 4. The molecule has 0 amide bonds. The van der Waals surface area contributed by atoms with E-state index in [9.17, 15) is 5.11 Å². The minimum absolute atomic E-state index is 0.356. The largest absolute Gasteiger partial charge is 0.385 e. The van der Waals surface area contributed by atoms with Crippen LogP contribution in [0.2, 0.25) is 0 Å². The molecule has 4 nitrogen and oxygen atoms in total. The molecule has 0 bridgehead atoms. The molecule has 0 aliphatic heterocycles. The van der Waals surface area contributed by atoms with E-state index in [2.05, 4.69) is 26.1 Å². The fourth-order valence-electron chi connectivity index (χ4n) is 1.75. The van der Waals surface area contributed by atoms with E-state index in [1.807, 2.05) is 32.0 Å². The van der Waals surface area contributed by atoms with Crippen LogP contribution in [0.15, 0.2) is 27.2 Å². The van der Waals surface area contributed by atoms with Crippen molar-refractivity contribution in [2.24, 2.45) is 0 Å². The topological polar surface area (TPSA) is 59.2 Å². The normalized spacial score (nSPS) is 12.7. The van der Waals surface area contributed by atoms with Crippen molar-refractivity contribution in [2.45, 2.75) is 32.8 Å². The summed E-state index contributed by atoms with van der Waals surface area (Å²) in [5, 5.41) is 13.6. The van der Waals surface area contributed by atoms with Crippen LogP contribution in [0.4, 0.5) is 0 Å². The molecule has 2 rings (SSSR count). The fraction of sp³-hybridized carbons (Fsp3) is 0.385. The predicted octanol–water partition coefficient (Wildman–Crippen LogP) is 3.64. The first kappa shape index (κ1) is 13.2. The van der Waals surface area contributed by atoms with E-state index in [0.717, 1.165) is 22.0 Å². The molecule has 1 unspecified atom stereocenters. The van der Waals surface area contributed by atoms with Crippen molar-refractivity contribution >= 4 is 15.9 Å². The highest BCUT2D eigenvalue weighted by atomic mass is 79.9. The van der Waals surface area contributed by atoms with Gasteiger partial charge in [0.25, 0.3) is 5.89 Å². The van der Waals surface area contributed by atoms with Gasteiger partial charge in [0.05, 0.1) is 0 Å². The first-order valence-electron chi connectivity index (χ1n) is 5.90. The van der Waals surface area contributed by atoms with Crippen LogP contribution < -0.4 is 0 Å². The molecule has 5 heteroatoms. The number of nitrogens with zero attached hydrogens (tertiary/aromatic N) is 2. The van der Waals surface area contributed by atoms with E-state index in [-0.39, 0.29) is 0 Å². The maximum Gasteiger partial charge on any atom is 0.258 e. The lowest BCUT2D eigenvalue weighted by Crippen LogP contribution is -1.98. The number of hydrogen-bond donors (Lipinski definition) is 1. The number of aliphatic hydroxyl groups excluding tert-OH is 1. The minimum atomic E-state index is -0.650. The Hall–Kier alpha value is -1.20. The number of rotatable bonds is 4. The highest BCUT2D eigenvalue weighted by Gasteiger charge is 2.16. The van der Waals surface area contributed by atoms with Gasteiger partial charge in [-0.1, -0.05) is 34.4 Å². The lowest BCUT2D eigenvalue weighted by Gasteiger charge is -2.02. The highest BCUT2D eigenvalue weighted by molar-refractivity contribution is 9.10. The van der Waals surface area contributed by atoms with Crippen molar-refractivity contribution in [3.05, 3.63) is 34.1 Å². The predicted molar refractivity (Wildman–Crippen MR) is 72.0 cm³/mol. The van der Waals surface area contributed by atoms with E-state index in [0.29, 0.717) is 18.1 Å². The first-order valence-corrected chi connectivity index (χ1v) is 6.69. The van der Waals surface area contributed by atoms with Crippen LogP contribution in [0.5, 0.6) is 0 Å². The molecule has 0 spiro atoms. The standard InChI is InChI=1S/C13H15BrN2O2/c1-3-4-11(17)12-15-13(18-16-12)10-6-5-9(14)7-8(10)2/h5-7,11,17H,3-4H2,1-2H3. The van der Waals surface area contributed by atoms with E-state index in [4.69, 9.17) is 4.52 Å². The fourth-order valence-corrected chi connectivity index (χ4v) is 2.22. The molecule has 2 aromatic rings. The summed E-state index contributed by atoms with van der Waals surface area (Å²) in [5.41, 5.74) is 1.94. The molecule has 0 aliphatic carbocycles. The second kappa shape index (κ2) is 5.63. The van der Waals surface area contributed by atoms with Gasteiger partial charge < -0.3 is 9.63 Å². The third kappa shape index (κ3) is 2.79. The molecule has 1 aromatic carbocycles. The Morgan fingerprint density at radius 1 is 1.44 bits per heavy atom. The van der Waals surface area contributed by atoms with Gasteiger partial charge in [-0.05, 0) is 37.1 Å². The van der Waals surface area contributed by atoms with Gasteiger partial charge in [-0.2, -0.15) is 4.98 Å². The Balaban J connectivity index is 2.29. The third-order valence-corrected chi connectivity index (χ3v) is 3.21. The molecule has 0 saturated heterocycles. The molecule has 0 aliphatic rings. The molecule has 1 atom stereocenters. The van der Waals surface area contributed by atoms with Crippen molar-refractivity contribution in [2.75, 3.05) is 0 Å². The van der Waals surface area contributed by atoms with Gasteiger partial charge in [0.2, 0.25) is 5.82 Å². The minimum Gasteiger partial charge on any atom is -0.385 e. The number of aryl methyl sites for hydroxylation is 1. The van der Waals surface area contributed by atoms with Crippen LogP contribution in [-0.4, -0.2) is 15.2 Å². The zero-order chi connectivity index (χ0) is 13.1. The summed E-state index contributed by atoms with van der Waals surface area (Å²) in [7, 11) is 0. The second-order valence-electron chi connectivity index (χ2n) is 4.22. The molecule has 0 saturated carbocycles. The molecule has 0 radical (unpaired) electrons. The molecule has 1 aromatic heterocycles. The summed E-state index contributed by atoms with van der Waals surface area (Å²) in [4.78, 5) is 4.25. The highest BCUT2D eigenvalue weighted by Crippen LogP contribution is 2.26. The summed E-state index contributed by atoms with van der Waals surface area (Å²) in [6.07, 6.45) is 0.865. The Labute approximate surface area is 114 Å². The zero-order valence-corrected chi connectivity index (χ0v) is 11.9. The lowest BCUT2D eigenvalue weighted by molar-refractivity contribution is 0.153. The van der Waals surface area contributed by atoms with Crippen molar-refractivity contribution in [3.8, 4) is 11.5 Å². The smallest absolute Gasteiger partial charge is 0.258 e. The average molecular weight is 311 g/mol. The number of benzene rings is 1. The summed E-state index contributed by atoms with van der Waals surface area (Å²) >= 11 is 3.41. The molecule has 1 N–H and O–H groups in total. The van der Waals surface area contributed by atoms with Gasteiger partial charge in [-0.15, -0.1) is 0 Å². The summed E-state index contributed by atoms with van der Waals surface area (Å²) in [6.45, 7) is 3.98. The van der Waals surface area contributed by atoms with Gasteiger partial charge in [-0.25, -0.2) is 0 Å². The van der Waals surface area contributed by atoms with Crippen LogP contribution in [0.3, 0.4) is 0 Å². The molecule has 18 heavy (non-hydrogen) atoms. The van der Waals surface area contributed by atoms with Crippen LogP contribution in [0.1, 0.15) is 37.3 Å². The Kier molecular flexibility index (Phi) is 4.14. The van der Waals surface area contributed by atoms with Crippen LogP contribution in [0.25, 0.3) is 11.5 Å². The van der Waals surface area contributed by atoms with Crippen molar-refractivity contribution in [1.29, 1.82) is 0 Å². The summed E-state index contributed by atoms with van der Waals surface area (Å²) in [6, 6.07) is 5.83. The maximum atomic E-state index is 9.80. The first-order chi connectivity index (χ1) is 8.61. The van der Waals surface area contributed by atoms with Crippen LogP contribution in [0, 0.1) is 6.92 Å². The quantitative estimate of drug-likeness (QED) is 0.936. The third-order valence-electron chi connectivity index (χ3n) is 2.72. The Morgan fingerprint density at radius 2 is 2.22 bits per heavy atom. The van der Waals surface area contributed by atoms with E-state index in [1.165, 1.54) is 0 Å². The summed E-state index contributed by atoms with van der Waals surface area (Å²) in [5.74, 6) is 0.805. The molecule has 96 valence electrons. The van der Waals surface area contributed by atoms with E-state index >= 15 is 0 Å². The zero-order valence-electron chi connectivity index (χ0n) is 10.4. The molecular weight excluding hydrogens is 296 g/mol. The van der Waals surface area contributed by atoms with Crippen molar-refractivity contribution in [1.82, 2.24) is 10.1 Å². The van der Waals surface area contributed by atoms with Gasteiger partial charge in [0.1, 0.15) is 6.10 Å². The van der Waals surface area contributed by atoms with Crippen LogP contribution in [-0.2, 0) is 0 Å². The SMILES string of the molecule is CCCC(O)c1noc(-c2ccc(Br)cc2C)n1. The van der Waals surface area contributed by atoms with Crippen molar-refractivity contribution in [3.63, 3.8) is 0 Å². The Bertz CT molecular complexity index is 540. The van der Waals surface area contributed by atoms with E-state index < -0.39 is 6.10 Å². The van der Waals surface area contributed by atoms with E-state index in [1.54, 1.807) is 0 Å². The number of halogens is 1. The Morgan fingerprint density at radius 3 is 2.89 bits per heavy atom. The second-order valence-corrected chi connectivity index (χ2v) is 5.14. The molecular formula is C13H15BrN2O2. The number of aromatic nitrogens is 2. The van der Waals surface area contributed by atoms with Gasteiger partial charge >= 0.3 is 0 Å². The maximum absolute atomic E-state index is 9.80. The molecule has 0 fully saturated rings. The average Bonchev–Trinajstić information content (AvgIpc) is 2.78. The van der Waals surface area contributed by atoms with Crippen LogP contribution >= 0.6 is 15.9 Å². The lowest BCUT2D eigenvalue weighted by atomic mass is 10.1. The molecule has 1 heterocycles. The van der Waals surface area contributed by atoms with Crippen molar-refractivity contribution < 1.29 is 9.63 Å². The summed E-state index contributed by atoms with van der Waals surface area (Å²) < 4.78 is 6.21. The number of aliphatic hydroxyl groups is 1.